The lowest BCUT2D eigenvalue weighted by atomic mass is 10.0. The average molecular weight is 245 g/mol. The van der Waals surface area contributed by atoms with Crippen LogP contribution < -0.4 is 11.1 Å². The molecule has 3 N–H and O–H groups in total. The molecule has 0 radical (unpaired) electrons. The third kappa shape index (κ3) is 1.83. The van der Waals surface area contributed by atoms with Gasteiger partial charge in [-0.2, -0.15) is 0 Å². The maximum absolute atomic E-state index is 11.3. The van der Waals surface area contributed by atoms with E-state index < -0.39 is 0 Å². The highest BCUT2D eigenvalue weighted by atomic mass is 32.1. The summed E-state index contributed by atoms with van der Waals surface area (Å²) in [6.45, 7) is 0. The molecule has 5 heteroatoms. The molecule has 2 aromatic rings. The Morgan fingerprint density at radius 3 is 3.12 bits per heavy atom. The fraction of sp³-hybridized carbons (Fsp3) is 0.167. The summed E-state index contributed by atoms with van der Waals surface area (Å²) < 4.78 is 0. The third-order valence-corrected chi connectivity index (χ3v) is 3.49. The molecule has 3 rings (SSSR count). The molecule has 86 valence electrons. The summed E-state index contributed by atoms with van der Waals surface area (Å²) >= 11 is 1.53. The molecule has 0 bridgehead atoms. The largest absolute Gasteiger partial charge is 0.326 e. The van der Waals surface area contributed by atoms with Crippen molar-refractivity contribution in [2.45, 2.75) is 12.5 Å². The maximum Gasteiger partial charge on any atom is 0.228 e. The number of carbonyl (C=O) groups excluding carboxylic acids is 1. The molecule has 1 aromatic heterocycles. The zero-order chi connectivity index (χ0) is 11.8. The standard InChI is InChI=1S/C12H11N3OS/c13-12(10-5-17-6-14-10)7-1-2-9-8(3-7)4-11(16)15-9/h1-3,5-6,12H,4,13H2,(H,15,16). The Morgan fingerprint density at radius 2 is 2.35 bits per heavy atom. The van der Waals surface area contributed by atoms with Crippen molar-refractivity contribution in [1.29, 1.82) is 0 Å². The molecule has 1 aliphatic rings. The average Bonchev–Trinajstić information content (AvgIpc) is 2.94. The van der Waals surface area contributed by atoms with Gasteiger partial charge in [0.05, 0.1) is 23.7 Å². The summed E-state index contributed by atoms with van der Waals surface area (Å²) in [7, 11) is 0. The molecule has 1 unspecified atom stereocenters. The molecule has 1 atom stereocenters. The SMILES string of the molecule is NC(c1ccc2c(c1)CC(=O)N2)c1cscn1. The second kappa shape index (κ2) is 3.94. The molecule has 1 aromatic carbocycles. The van der Waals surface area contributed by atoms with E-state index in [0.717, 1.165) is 22.5 Å². The molecule has 0 saturated carbocycles. The lowest BCUT2D eigenvalue weighted by Gasteiger charge is -2.10. The summed E-state index contributed by atoms with van der Waals surface area (Å²) in [5.41, 5.74) is 11.7. The van der Waals surface area contributed by atoms with E-state index in [0.29, 0.717) is 6.42 Å². The minimum Gasteiger partial charge on any atom is -0.326 e. The van der Waals surface area contributed by atoms with Gasteiger partial charge in [0.15, 0.2) is 0 Å². The number of anilines is 1. The molecule has 0 fully saturated rings. The first-order valence-electron chi connectivity index (χ1n) is 5.30. The third-order valence-electron chi connectivity index (χ3n) is 2.88. The second-order valence-electron chi connectivity index (χ2n) is 4.03. The summed E-state index contributed by atoms with van der Waals surface area (Å²) in [5.74, 6) is 0.0411. The van der Waals surface area contributed by atoms with E-state index in [4.69, 9.17) is 5.73 Å². The zero-order valence-corrected chi connectivity index (χ0v) is 9.83. The van der Waals surface area contributed by atoms with Crippen molar-refractivity contribution in [3.8, 4) is 0 Å². The highest BCUT2D eigenvalue weighted by molar-refractivity contribution is 7.07. The molecule has 0 spiro atoms. The Labute approximate surface area is 102 Å². The number of thiazole rings is 1. The number of aromatic nitrogens is 1. The van der Waals surface area contributed by atoms with Gasteiger partial charge >= 0.3 is 0 Å². The van der Waals surface area contributed by atoms with Crippen molar-refractivity contribution in [3.05, 3.63) is 45.9 Å². The number of hydrogen-bond acceptors (Lipinski definition) is 4. The lowest BCUT2D eigenvalue weighted by Crippen LogP contribution is -2.12. The van der Waals surface area contributed by atoms with E-state index in [-0.39, 0.29) is 11.9 Å². The number of amides is 1. The molecule has 1 amide bonds. The molecule has 1 aliphatic heterocycles. The van der Waals surface area contributed by atoms with Gasteiger partial charge in [-0.1, -0.05) is 12.1 Å². The monoisotopic (exact) mass is 245 g/mol. The highest BCUT2D eigenvalue weighted by Crippen LogP contribution is 2.27. The number of benzene rings is 1. The van der Waals surface area contributed by atoms with Crippen LogP contribution in [0.5, 0.6) is 0 Å². The van der Waals surface area contributed by atoms with Crippen molar-refractivity contribution in [1.82, 2.24) is 4.98 Å². The first-order chi connectivity index (χ1) is 8.24. The molecule has 0 aliphatic carbocycles. The Kier molecular flexibility index (Phi) is 2.42. The Bertz CT molecular complexity index is 565. The van der Waals surface area contributed by atoms with Crippen LogP contribution in [0.3, 0.4) is 0 Å². The first-order valence-corrected chi connectivity index (χ1v) is 6.24. The van der Waals surface area contributed by atoms with E-state index in [1.165, 1.54) is 11.3 Å². The maximum atomic E-state index is 11.3. The highest BCUT2D eigenvalue weighted by Gasteiger charge is 2.19. The van der Waals surface area contributed by atoms with Crippen LogP contribution in [0, 0.1) is 0 Å². The molecule has 2 heterocycles. The van der Waals surface area contributed by atoms with Crippen LogP contribution in [0.1, 0.15) is 22.9 Å². The van der Waals surface area contributed by atoms with Gasteiger partial charge in [-0.25, -0.2) is 4.98 Å². The fourth-order valence-electron chi connectivity index (χ4n) is 1.99. The van der Waals surface area contributed by atoms with Gasteiger partial charge in [0, 0.05) is 11.1 Å². The van der Waals surface area contributed by atoms with E-state index in [1.54, 1.807) is 5.51 Å². The Morgan fingerprint density at radius 1 is 1.47 bits per heavy atom. The van der Waals surface area contributed by atoms with Crippen LogP contribution >= 0.6 is 11.3 Å². The Balaban J connectivity index is 1.95. The zero-order valence-electron chi connectivity index (χ0n) is 9.01. The van der Waals surface area contributed by atoms with Crippen molar-refractivity contribution < 1.29 is 4.79 Å². The fourth-order valence-corrected chi connectivity index (χ4v) is 2.58. The molecule has 17 heavy (non-hydrogen) atoms. The Hall–Kier alpha value is -1.72. The van der Waals surface area contributed by atoms with Crippen molar-refractivity contribution in [2.24, 2.45) is 5.73 Å². The van der Waals surface area contributed by atoms with Crippen LogP contribution in [0.15, 0.2) is 29.1 Å². The van der Waals surface area contributed by atoms with Crippen LogP contribution in [0.4, 0.5) is 5.69 Å². The predicted octanol–water partition coefficient (Wildman–Crippen LogP) is 1.69. The number of carbonyl (C=O) groups is 1. The van der Waals surface area contributed by atoms with Crippen LogP contribution in [-0.4, -0.2) is 10.9 Å². The smallest absolute Gasteiger partial charge is 0.228 e. The number of rotatable bonds is 2. The predicted molar refractivity (Wildman–Crippen MR) is 66.9 cm³/mol. The number of nitrogens with one attached hydrogen (secondary N) is 1. The summed E-state index contributed by atoms with van der Waals surface area (Å²) in [4.78, 5) is 15.5. The van der Waals surface area contributed by atoms with E-state index in [9.17, 15) is 4.79 Å². The number of fused-ring (bicyclic) bond motifs is 1. The molecule has 4 nitrogen and oxygen atoms in total. The topological polar surface area (TPSA) is 68.0 Å². The van der Waals surface area contributed by atoms with Crippen molar-refractivity contribution >= 4 is 22.9 Å². The number of nitrogens with zero attached hydrogens (tertiary/aromatic N) is 1. The summed E-state index contributed by atoms with van der Waals surface area (Å²) in [6, 6.07) is 5.61. The van der Waals surface area contributed by atoms with Gasteiger partial charge in [-0.05, 0) is 17.2 Å². The van der Waals surface area contributed by atoms with Crippen LogP contribution in [0.2, 0.25) is 0 Å². The quantitative estimate of drug-likeness (QED) is 0.846. The molecular formula is C12H11N3OS. The van der Waals surface area contributed by atoms with Gasteiger partial charge in [0.1, 0.15) is 0 Å². The summed E-state index contributed by atoms with van der Waals surface area (Å²) in [6.07, 6.45) is 0.437. The first kappa shape index (κ1) is 10.4. The number of nitrogens with two attached hydrogens (primary N) is 1. The van der Waals surface area contributed by atoms with E-state index in [2.05, 4.69) is 10.3 Å². The molecule has 0 saturated heterocycles. The normalized spacial score (nSPS) is 15.5. The van der Waals surface area contributed by atoms with E-state index >= 15 is 0 Å². The second-order valence-corrected chi connectivity index (χ2v) is 4.75. The minimum absolute atomic E-state index is 0.0411. The van der Waals surface area contributed by atoms with Crippen LogP contribution in [-0.2, 0) is 11.2 Å². The van der Waals surface area contributed by atoms with Gasteiger partial charge in [-0.15, -0.1) is 11.3 Å². The minimum atomic E-state index is -0.220. The van der Waals surface area contributed by atoms with Crippen LogP contribution in [0.25, 0.3) is 0 Å². The van der Waals surface area contributed by atoms with Crippen molar-refractivity contribution in [3.63, 3.8) is 0 Å². The van der Waals surface area contributed by atoms with Gasteiger partial charge in [0.25, 0.3) is 0 Å². The van der Waals surface area contributed by atoms with E-state index in [1.807, 2.05) is 23.6 Å². The van der Waals surface area contributed by atoms with Crippen molar-refractivity contribution in [2.75, 3.05) is 5.32 Å². The van der Waals surface area contributed by atoms with Gasteiger partial charge < -0.3 is 11.1 Å². The molecular weight excluding hydrogens is 234 g/mol. The lowest BCUT2D eigenvalue weighted by molar-refractivity contribution is -0.115. The van der Waals surface area contributed by atoms with Gasteiger partial charge in [-0.3, -0.25) is 4.79 Å². The van der Waals surface area contributed by atoms with Gasteiger partial charge in [0.2, 0.25) is 5.91 Å². The number of hydrogen-bond donors (Lipinski definition) is 2. The summed E-state index contributed by atoms with van der Waals surface area (Å²) in [5, 5.41) is 4.75.